The molecule has 194 valence electrons. The summed E-state index contributed by atoms with van der Waals surface area (Å²) in [5.74, 6) is -1.17. The number of aldehydes is 1. The van der Waals surface area contributed by atoms with E-state index in [2.05, 4.69) is 5.32 Å². The first-order valence-corrected chi connectivity index (χ1v) is 12.8. The van der Waals surface area contributed by atoms with Gasteiger partial charge in [0.05, 0.1) is 13.1 Å². The van der Waals surface area contributed by atoms with Gasteiger partial charge in [0.15, 0.2) is 0 Å². The molecule has 2 rings (SSSR count). The van der Waals surface area contributed by atoms with Gasteiger partial charge >= 0.3 is 12.1 Å². The maximum Gasteiger partial charge on any atom is 0.407 e. The first-order valence-electron chi connectivity index (χ1n) is 11.3. The first-order chi connectivity index (χ1) is 16.7. The van der Waals surface area contributed by atoms with Gasteiger partial charge in [-0.05, 0) is 17.7 Å². The summed E-state index contributed by atoms with van der Waals surface area (Å²) in [5, 5.41) is 21.5. The van der Waals surface area contributed by atoms with Gasteiger partial charge in [-0.15, -0.1) is 0 Å². The molecule has 1 aliphatic rings. The van der Waals surface area contributed by atoms with Gasteiger partial charge in [0.1, 0.15) is 14.6 Å². The number of amides is 2. The molecule has 0 saturated carbocycles. The molecule has 1 aromatic carbocycles. The second-order valence-corrected chi connectivity index (χ2v) is 9.79. The van der Waals surface area contributed by atoms with Crippen molar-refractivity contribution in [3.05, 3.63) is 35.4 Å². The van der Waals surface area contributed by atoms with Crippen LogP contribution in [0.25, 0.3) is 0 Å². The Morgan fingerprint density at radius 1 is 0.943 bits per heavy atom. The topological polar surface area (TPSA) is 154 Å². The van der Waals surface area contributed by atoms with Crippen LogP contribution in [0.1, 0.15) is 15.9 Å². The number of hydrogen-bond acceptors (Lipinski definition) is 8. The summed E-state index contributed by atoms with van der Waals surface area (Å²) in [4.78, 5) is 61.7. The molecule has 0 spiro atoms. The summed E-state index contributed by atoms with van der Waals surface area (Å²) < 4.78 is 1.80. The lowest BCUT2D eigenvalue weighted by atomic mass is 10.1. The third-order valence-electron chi connectivity index (χ3n) is 5.78. The molecule has 1 heterocycles. The van der Waals surface area contributed by atoms with E-state index in [-0.39, 0.29) is 38.6 Å². The van der Waals surface area contributed by atoms with Crippen molar-refractivity contribution >= 4 is 32.6 Å². The van der Waals surface area contributed by atoms with Gasteiger partial charge in [0.2, 0.25) is 0 Å². The minimum absolute atomic E-state index is 0.140. The lowest BCUT2D eigenvalue weighted by Crippen LogP contribution is -2.47. The Morgan fingerprint density at radius 3 is 2.11 bits per heavy atom. The highest BCUT2D eigenvalue weighted by atomic mass is 31.2. The van der Waals surface area contributed by atoms with Crippen LogP contribution in [0.3, 0.4) is 0 Å². The van der Waals surface area contributed by atoms with Crippen molar-refractivity contribution in [3.8, 4) is 0 Å². The van der Waals surface area contributed by atoms with Gasteiger partial charge in [-0.25, -0.2) is 4.79 Å². The minimum atomic E-state index is -1.68. The predicted octanol–water partition coefficient (Wildman–Crippen LogP) is 0.0335. The summed E-state index contributed by atoms with van der Waals surface area (Å²) >= 11 is 0. The standard InChI is InChI=1S/C22H34N5O7P/c1-23-21(31)19-4-2-18(3-5-19)17-35(34)27-12-9-25(16-20(29)30)7-6-24(14-15-28)8-10-26(11-13-27)22(32)33/h2-5,15,34H,6-14,16-17H2,1H3,(H,23,31)(H,29,30)(H,32,33). The average Bonchev–Trinajstić information content (AvgIpc) is 2.82. The normalized spacial score (nSPS) is 18.2. The number of hydrogen-bond donors (Lipinski definition) is 4. The number of rotatable bonds is 8. The second kappa shape index (κ2) is 14.7. The van der Waals surface area contributed by atoms with Crippen LogP contribution in [0.4, 0.5) is 4.79 Å². The molecule has 13 heteroatoms. The molecule has 0 aromatic heterocycles. The summed E-state index contributed by atoms with van der Waals surface area (Å²) in [6.45, 7) is 2.48. The number of carboxylic acids is 1. The molecule has 4 N–H and O–H groups in total. The Labute approximate surface area is 206 Å². The van der Waals surface area contributed by atoms with Crippen LogP contribution in [-0.2, 0) is 15.8 Å². The fraction of sp³-hybridized carbons (Fsp3) is 0.545. The maximum atomic E-state index is 11.7. The SMILES string of the molecule is CNC(=O)c1ccc(CP(O)N2CCN(CC(=O)O)CCN(CC=O)CCN(C(=O)O)CC2)cc1. The average molecular weight is 512 g/mol. The van der Waals surface area contributed by atoms with E-state index in [0.29, 0.717) is 44.4 Å². The smallest absolute Gasteiger partial charge is 0.407 e. The highest BCUT2D eigenvalue weighted by molar-refractivity contribution is 7.48. The summed E-state index contributed by atoms with van der Waals surface area (Å²) in [5.41, 5.74) is 1.34. The largest absolute Gasteiger partial charge is 0.480 e. The third-order valence-corrected chi connectivity index (χ3v) is 7.48. The zero-order chi connectivity index (χ0) is 25.8. The van der Waals surface area contributed by atoms with Gasteiger partial charge in [0, 0.05) is 71.1 Å². The zero-order valence-corrected chi connectivity index (χ0v) is 20.8. The van der Waals surface area contributed by atoms with E-state index in [1.54, 1.807) is 45.8 Å². The van der Waals surface area contributed by atoms with E-state index >= 15 is 0 Å². The van der Waals surface area contributed by atoms with Crippen LogP contribution >= 0.6 is 8.30 Å². The Bertz CT molecular complexity index is 857. The second-order valence-electron chi connectivity index (χ2n) is 8.17. The lowest BCUT2D eigenvalue weighted by Gasteiger charge is -2.34. The molecule has 12 nitrogen and oxygen atoms in total. The molecule has 1 fully saturated rings. The van der Waals surface area contributed by atoms with Gasteiger partial charge in [-0.2, -0.15) is 0 Å². The van der Waals surface area contributed by atoms with Crippen molar-refractivity contribution in [2.24, 2.45) is 0 Å². The number of carboxylic acid groups (broad SMARTS) is 2. The number of aliphatic carboxylic acids is 1. The van der Waals surface area contributed by atoms with Gasteiger partial charge in [-0.1, -0.05) is 12.1 Å². The first kappa shape index (κ1) is 28.6. The maximum absolute atomic E-state index is 11.7. The summed E-state index contributed by atoms with van der Waals surface area (Å²) in [6, 6.07) is 6.90. The van der Waals surface area contributed by atoms with Crippen LogP contribution < -0.4 is 5.32 Å². The number of nitrogens with zero attached hydrogens (tertiary/aromatic N) is 4. The summed E-state index contributed by atoms with van der Waals surface area (Å²) in [6.07, 6.45) is -0.00396. The van der Waals surface area contributed by atoms with Crippen LogP contribution in [0.2, 0.25) is 0 Å². The van der Waals surface area contributed by atoms with Crippen LogP contribution in [0.15, 0.2) is 24.3 Å². The molecular weight excluding hydrogens is 477 g/mol. The van der Waals surface area contributed by atoms with Crippen molar-refractivity contribution in [3.63, 3.8) is 0 Å². The van der Waals surface area contributed by atoms with Crippen LogP contribution in [0.5, 0.6) is 0 Å². The molecule has 0 aliphatic carbocycles. The molecule has 2 amide bonds. The number of benzene rings is 1. The van der Waals surface area contributed by atoms with Crippen molar-refractivity contribution in [2.75, 3.05) is 72.5 Å². The molecule has 0 radical (unpaired) electrons. The highest BCUT2D eigenvalue weighted by Crippen LogP contribution is 2.39. The molecule has 1 aromatic rings. The van der Waals surface area contributed by atoms with E-state index in [9.17, 15) is 34.3 Å². The number of nitrogens with one attached hydrogen (secondary N) is 1. The van der Waals surface area contributed by atoms with Gasteiger partial charge < -0.3 is 30.1 Å². The molecule has 0 bridgehead atoms. The van der Waals surface area contributed by atoms with Crippen molar-refractivity contribution < 1.29 is 34.3 Å². The molecule has 1 unspecified atom stereocenters. The van der Waals surface area contributed by atoms with E-state index in [1.807, 2.05) is 0 Å². The van der Waals surface area contributed by atoms with Crippen LogP contribution in [-0.4, -0.2) is 131 Å². The van der Waals surface area contributed by atoms with Crippen molar-refractivity contribution in [1.29, 1.82) is 0 Å². The van der Waals surface area contributed by atoms with Gasteiger partial charge in [0.25, 0.3) is 5.91 Å². The zero-order valence-electron chi connectivity index (χ0n) is 19.9. The van der Waals surface area contributed by atoms with Crippen molar-refractivity contribution in [1.82, 2.24) is 24.7 Å². The van der Waals surface area contributed by atoms with E-state index < -0.39 is 20.4 Å². The number of carbonyl (C=O) groups excluding carboxylic acids is 2. The quantitative estimate of drug-likeness (QED) is 0.278. The third kappa shape index (κ3) is 9.87. The predicted molar refractivity (Wildman–Crippen MR) is 130 cm³/mol. The molecule has 1 saturated heterocycles. The Morgan fingerprint density at radius 2 is 1.51 bits per heavy atom. The lowest BCUT2D eigenvalue weighted by molar-refractivity contribution is -0.138. The van der Waals surface area contributed by atoms with E-state index in [4.69, 9.17) is 0 Å². The van der Waals surface area contributed by atoms with Gasteiger partial charge in [-0.3, -0.25) is 24.1 Å². The minimum Gasteiger partial charge on any atom is -0.480 e. The fourth-order valence-electron chi connectivity index (χ4n) is 3.71. The van der Waals surface area contributed by atoms with E-state index in [0.717, 1.165) is 11.8 Å². The molecule has 1 aliphatic heterocycles. The summed E-state index contributed by atoms with van der Waals surface area (Å²) in [7, 11) is -0.129. The monoisotopic (exact) mass is 511 g/mol. The molecule has 35 heavy (non-hydrogen) atoms. The van der Waals surface area contributed by atoms with Crippen molar-refractivity contribution in [2.45, 2.75) is 6.16 Å². The molecular formula is C22H34N5O7P. The Kier molecular flexibility index (Phi) is 12.0. The van der Waals surface area contributed by atoms with Crippen LogP contribution in [0, 0.1) is 0 Å². The Balaban J connectivity index is 2.15. The number of carbonyl (C=O) groups is 4. The molecule has 1 atom stereocenters. The van der Waals surface area contributed by atoms with E-state index in [1.165, 1.54) is 4.90 Å². The fourth-order valence-corrected chi connectivity index (χ4v) is 5.09. The highest BCUT2D eigenvalue weighted by Gasteiger charge is 2.23. The Hall–Kier alpha value is -2.63.